The molecule has 1 atom stereocenters. The largest absolute Gasteiger partial charge is 0.497 e. The van der Waals surface area contributed by atoms with Gasteiger partial charge in [-0.1, -0.05) is 0 Å². The van der Waals surface area contributed by atoms with Crippen LogP contribution >= 0.6 is 34.5 Å². The summed E-state index contributed by atoms with van der Waals surface area (Å²) < 4.78 is 14.5. The second-order valence-electron chi connectivity index (χ2n) is 6.44. The van der Waals surface area contributed by atoms with Gasteiger partial charge in [-0.25, -0.2) is 4.98 Å². The lowest BCUT2D eigenvalue weighted by atomic mass is 10.1. The van der Waals surface area contributed by atoms with Gasteiger partial charge in [-0.3, -0.25) is 14.9 Å². The maximum Gasteiger partial charge on any atom is 0.315 e. The van der Waals surface area contributed by atoms with Crippen LogP contribution in [0.3, 0.4) is 0 Å². The molecule has 0 aliphatic heterocycles. The van der Waals surface area contributed by atoms with Crippen LogP contribution < -0.4 is 14.8 Å². The Balaban J connectivity index is 1.62. The number of rotatable bonds is 7. The molecule has 1 N–H and O–H groups in total. The Morgan fingerprint density at radius 3 is 2.61 bits per heavy atom. The van der Waals surface area contributed by atoms with Crippen molar-refractivity contribution < 1.29 is 23.8 Å². The van der Waals surface area contributed by atoms with E-state index in [-0.39, 0.29) is 0 Å². The number of nitrogens with one attached hydrogen (secondary N) is 1. The van der Waals surface area contributed by atoms with Gasteiger partial charge in [0.25, 0.3) is 5.91 Å². The van der Waals surface area contributed by atoms with Crippen LogP contribution in [0.15, 0.2) is 23.6 Å². The van der Waals surface area contributed by atoms with E-state index in [0.717, 1.165) is 5.56 Å². The molecule has 1 saturated carbocycles. The molecule has 10 heteroatoms. The van der Waals surface area contributed by atoms with Crippen LogP contribution in [0.5, 0.6) is 11.5 Å². The first-order valence-electron chi connectivity index (χ1n) is 8.23. The highest BCUT2D eigenvalue weighted by molar-refractivity contribution is 7.14. The SMILES string of the molecule is COc1ccc(OC)c(-c2csc(NC(=O)COC(=O)[C@]3(C)CC3(Cl)Cl)n2)c1. The van der Waals surface area contributed by atoms with Gasteiger partial charge in [0.2, 0.25) is 0 Å². The zero-order valence-electron chi connectivity index (χ0n) is 15.4. The summed E-state index contributed by atoms with van der Waals surface area (Å²) in [5.41, 5.74) is 0.369. The summed E-state index contributed by atoms with van der Waals surface area (Å²) in [4.78, 5) is 28.5. The number of amides is 1. The third-order valence-electron chi connectivity index (χ3n) is 4.48. The van der Waals surface area contributed by atoms with Crippen molar-refractivity contribution in [2.24, 2.45) is 5.41 Å². The number of esters is 1. The van der Waals surface area contributed by atoms with Crippen molar-refractivity contribution >= 4 is 51.5 Å². The minimum absolute atomic E-state index is 0.293. The van der Waals surface area contributed by atoms with Crippen molar-refractivity contribution in [2.45, 2.75) is 17.7 Å². The first-order chi connectivity index (χ1) is 13.2. The maximum absolute atomic E-state index is 12.1. The number of carbonyl (C=O) groups is 2. The Morgan fingerprint density at radius 1 is 1.29 bits per heavy atom. The lowest BCUT2D eigenvalue weighted by Crippen LogP contribution is -2.26. The summed E-state index contributed by atoms with van der Waals surface area (Å²) in [6.07, 6.45) is 0.293. The number of thiazole rings is 1. The number of ether oxygens (including phenoxy) is 3. The van der Waals surface area contributed by atoms with E-state index >= 15 is 0 Å². The Morgan fingerprint density at radius 2 is 2.00 bits per heavy atom. The Labute approximate surface area is 175 Å². The van der Waals surface area contributed by atoms with Crippen LogP contribution in [0.4, 0.5) is 5.13 Å². The van der Waals surface area contributed by atoms with Crippen molar-refractivity contribution in [1.29, 1.82) is 0 Å². The third kappa shape index (κ3) is 4.04. The molecule has 0 spiro atoms. The van der Waals surface area contributed by atoms with Crippen molar-refractivity contribution in [1.82, 2.24) is 4.98 Å². The molecule has 1 amide bonds. The predicted octanol–water partition coefficient (Wildman–Crippen LogP) is 3.89. The highest BCUT2D eigenvalue weighted by Crippen LogP contribution is 2.64. The molecule has 1 aliphatic carbocycles. The molecule has 0 unspecified atom stereocenters. The van der Waals surface area contributed by atoms with E-state index in [0.29, 0.717) is 28.7 Å². The molecule has 0 bridgehead atoms. The normalized spacial score (nSPS) is 19.6. The van der Waals surface area contributed by atoms with Gasteiger partial charge in [0, 0.05) is 17.4 Å². The van der Waals surface area contributed by atoms with Crippen LogP contribution in [0, 0.1) is 5.41 Å². The van der Waals surface area contributed by atoms with Crippen LogP contribution in [-0.2, 0) is 14.3 Å². The van der Waals surface area contributed by atoms with E-state index in [1.54, 1.807) is 44.7 Å². The number of anilines is 1. The molecule has 0 radical (unpaired) electrons. The van der Waals surface area contributed by atoms with Crippen molar-refractivity contribution in [3.63, 3.8) is 0 Å². The summed E-state index contributed by atoms with van der Waals surface area (Å²) in [5, 5.41) is 4.74. The molecule has 1 aromatic heterocycles. The topological polar surface area (TPSA) is 86.8 Å². The quantitative estimate of drug-likeness (QED) is 0.514. The number of hydrogen-bond acceptors (Lipinski definition) is 7. The molecule has 1 aliphatic rings. The summed E-state index contributed by atoms with van der Waals surface area (Å²) in [6, 6.07) is 5.35. The fourth-order valence-electron chi connectivity index (χ4n) is 2.54. The minimum Gasteiger partial charge on any atom is -0.497 e. The van der Waals surface area contributed by atoms with Crippen molar-refractivity contribution in [2.75, 3.05) is 26.1 Å². The maximum atomic E-state index is 12.1. The zero-order valence-corrected chi connectivity index (χ0v) is 17.7. The number of hydrogen-bond donors (Lipinski definition) is 1. The Bertz CT molecular complexity index is 917. The molecule has 0 saturated heterocycles. The minimum atomic E-state index is -1.14. The summed E-state index contributed by atoms with van der Waals surface area (Å²) in [6.45, 7) is 1.15. The number of carbonyl (C=O) groups excluding carboxylic acids is 2. The van der Waals surface area contributed by atoms with Crippen molar-refractivity contribution in [3.8, 4) is 22.8 Å². The molecular weight excluding hydrogens is 427 g/mol. The van der Waals surface area contributed by atoms with E-state index in [1.165, 1.54) is 11.3 Å². The van der Waals surface area contributed by atoms with Gasteiger partial charge in [0.05, 0.1) is 19.9 Å². The second kappa shape index (κ2) is 7.77. The first kappa shape index (κ1) is 20.7. The van der Waals surface area contributed by atoms with E-state index in [2.05, 4.69) is 10.3 Å². The molecule has 1 heterocycles. The number of halogens is 2. The molecular formula is C18H18Cl2N2O5S. The molecule has 1 aromatic carbocycles. The number of methoxy groups -OCH3 is 2. The first-order valence-corrected chi connectivity index (χ1v) is 9.86. The van der Waals surface area contributed by atoms with Gasteiger partial charge in [-0.2, -0.15) is 0 Å². The summed E-state index contributed by atoms with van der Waals surface area (Å²) >= 11 is 13.1. The smallest absolute Gasteiger partial charge is 0.315 e. The van der Waals surface area contributed by atoms with Gasteiger partial charge in [-0.05, 0) is 25.1 Å². The number of alkyl halides is 2. The number of aromatic nitrogens is 1. The fraction of sp³-hybridized carbons (Fsp3) is 0.389. The summed E-state index contributed by atoms with van der Waals surface area (Å²) in [5.74, 6) is 0.171. The van der Waals surface area contributed by atoms with Gasteiger partial charge >= 0.3 is 5.97 Å². The van der Waals surface area contributed by atoms with Gasteiger partial charge in [0.1, 0.15) is 21.2 Å². The average molecular weight is 445 g/mol. The Hall–Kier alpha value is -2.03. The van der Waals surface area contributed by atoms with E-state index in [9.17, 15) is 9.59 Å². The Kier molecular flexibility index (Phi) is 5.74. The van der Waals surface area contributed by atoms with E-state index < -0.39 is 28.2 Å². The van der Waals surface area contributed by atoms with Gasteiger partial charge in [-0.15, -0.1) is 34.5 Å². The van der Waals surface area contributed by atoms with Gasteiger partial charge < -0.3 is 14.2 Å². The summed E-state index contributed by atoms with van der Waals surface area (Å²) in [7, 11) is 3.13. The number of benzene rings is 1. The van der Waals surface area contributed by atoms with Gasteiger partial charge in [0.15, 0.2) is 11.7 Å². The zero-order chi connectivity index (χ0) is 20.5. The van der Waals surface area contributed by atoms with E-state index in [1.807, 2.05) is 0 Å². The second-order valence-corrected chi connectivity index (χ2v) is 8.78. The lowest BCUT2D eigenvalue weighted by Gasteiger charge is -2.11. The third-order valence-corrected chi connectivity index (χ3v) is 6.34. The monoisotopic (exact) mass is 444 g/mol. The van der Waals surface area contributed by atoms with Crippen molar-refractivity contribution in [3.05, 3.63) is 23.6 Å². The van der Waals surface area contributed by atoms with Crippen LogP contribution in [0.2, 0.25) is 0 Å². The van der Waals surface area contributed by atoms with Crippen LogP contribution in [0.25, 0.3) is 11.3 Å². The highest BCUT2D eigenvalue weighted by Gasteiger charge is 2.69. The molecule has 7 nitrogen and oxygen atoms in total. The van der Waals surface area contributed by atoms with Crippen LogP contribution in [0.1, 0.15) is 13.3 Å². The number of nitrogens with zero attached hydrogens (tertiary/aromatic N) is 1. The fourth-order valence-corrected chi connectivity index (χ4v) is 3.95. The molecule has 2 aromatic rings. The molecule has 28 heavy (non-hydrogen) atoms. The average Bonchev–Trinajstić information content (AvgIpc) is 2.98. The lowest BCUT2D eigenvalue weighted by molar-refractivity contribution is -0.152. The predicted molar refractivity (Wildman–Crippen MR) is 107 cm³/mol. The molecule has 1 fully saturated rings. The standard InChI is InChI=1S/C18H18Cl2N2O5S/c1-17(9-18(17,19)20)15(24)27-7-14(23)22-16-21-12(8-28-16)11-6-10(25-2)4-5-13(11)26-3/h4-6,8H,7,9H2,1-3H3,(H,21,22,23)/t17-/m0/s1. The van der Waals surface area contributed by atoms with E-state index in [4.69, 9.17) is 37.4 Å². The molecule has 150 valence electrons. The highest BCUT2D eigenvalue weighted by atomic mass is 35.5. The van der Waals surface area contributed by atoms with Crippen LogP contribution in [-0.4, -0.2) is 42.0 Å². The molecule has 3 rings (SSSR count).